The molecule has 0 aliphatic carbocycles. The molecule has 0 saturated carbocycles. The molecule has 1 aliphatic heterocycles. The average molecular weight is 219 g/mol. The van der Waals surface area contributed by atoms with E-state index >= 15 is 0 Å². The van der Waals surface area contributed by atoms with Gasteiger partial charge in [0.15, 0.2) is 0 Å². The largest absolute Gasteiger partial charge is 0.369 e. The Hall–Kier alpha value is -1.06. The summed E-state index contributed by atoms with van der Waals surface area (Å²) >= 11 is 0. The molecule has 1 aliphatic rings. The van der Waals surface area contributed by atoms with Crippen LogP contribution in [-0.2, 0) is 6.54 Å². The van der Waals surface area contributed by atoms with E-state index in [0.29, 0.717) is 6.54 Å². The fraction of sp³-hybridized carbons (Fsp3) is 0.538. The number of anilines is 1. The third kappa shape index (κ3) is 2.36. The standard InChI is InChI=1S/C13H21N3/c1-11-9-13(4-3-12(11)10-14)16-7-5-15(2)6-8-16/h3-4,9H,5-8,10,14H2,1-2H3. The van der Waals surface area contributed by atoms with E-state index in [9.17, 15) is 0 Å². The third-order valence-electron chi connectivity index (χ3n) is 3.41. The van der Waals surface area contributed by atoms with E-state index in [0.717, 1.165) is 26.2 Å². The van der Waals surface area contributed by atoms with Gasteiger partial charge in [0.1, 0.15) is 0 Å². The summed E-state index contributed by atoms with van der Waals surface area (Å²) in [5, 5.41) is 0. The Morgan fingerprint density at radius 3 is 2.44 bits per heavy atom. The number of aryl methyl sites for hydroxylation is 1. The molecule has 1 saturated heterocycles. The first-order chi connectivity index (χ1) is 7.70. The van der Waals surface area contributed by atoms with Gasteiger partial charge in [-0.15, -0.1) is 0 Å². The minimum atomic E-state index is 0.634. The van der Waals surface area contributed by atoms with E-state index in [1.807, 2.05) is 0 Å². The first-order valence-electron chi connectivity index (χ1n) is 5.94. The van der Waals surface area contributed by atoms with Crippen LogP contribution in [0.25, 0.3) is 0 Å². The summed E-state index contributed by atoms with van der Waals surface area (Å²) in [5.41, 5.74) is 9.57. The van der Waals surface area contributed by atoms with Crippen molar-refractivity contribution in [1.82, 2.24) is 4.90 Å². The molecular formula is C13H21N3. The highest BCUT2D eigenvalue weighted by Gasteiger charge is 2.14. The van der Waals surface area contributed by atoms with Crippen LogP contribution < -0.4 is 10.6 Å². The van der Waals surface area contributed by atoms with Gasteiger partial charge in [-0.3, -0.25) is 0 Å². The predicted molar refractivity (Wildman–Crippen MR) is 68.8 cm³/mol. The van der Waals surface area contributed by atoms with Gasteiger partial charge in [0.25, 0.3) is 0 Å². The van der Waals surface area contributed by atoms with Gasteiger partial charge in [-0.05, 0) is 37.2 Å². The van der Waals surface area contributed by atoms with Crippen LogP contribution in [0.1, 0.15) is 11.1 Å². The maximum absolute atomic E-state index is 5.68. The topological polar surface area (TPSA) is 32.5 Å². The van der Waals surface area contributed by atoms with Gasteiger partial charge in [-0.1, -0.05) is 6.07 Å². The number of benzene rings is 1. The molecule has 3 nitrogen and oxygen atoms in total. The number of piperazine rings is 1. The molecule has 0 spiro atoms. The normalized spacial score (nSPS) is 17.8. The van der Waals surface area contributed by atoms with Gasteiger partial charge in [-0.25, -0.2) is 0 Å². The number of rotatable bonds is 2. The number of hydrogen-bond donors (Lipinski definition) is 1. The van der Waals surface area contributed by atoms with Gasteiger partial charge in [-0.2, -0.15) is 0 Å². The molecule has 1 fully saturated rings. The van der Waals surface area contributed by atoms with Gasteiger partial charge in [0.2, 0.25) is 0 Å². The first-order valence-corrected chi connectivity index (χ1v) is 5.94. The summed E-state index contributed by atoms with van der Waals surface area (Å²) < 4.78 is 0. The van der Waals surface area contributed by atoms with Crippen LogP contribution in [0.15, 0.2) is 18.2 Å². The summed E-state index contributed by atoms with van der Waals surface area (Å²) in [6, 6.07) is 6.61. The average Bonchev–Trinajstić information content (AvgIpc) is 2.30. The molecule has 1 heterocycles. The summed E-state index contributed by atoms with van der Waals surface area (Å²) in [6.45, 7) is 7.32. The number of nitrogens with two attached hydrogens (primary N) is 1. The Balaban J connectivity index is 2.12. The van der Waals surface area contributed by atoms with Gasteiger partial charge >= 0.3 is 0 Å². The summed E-state index contributed by atoms with van der Waals surface area (Å²) in [7, 11) is 2.18. The minimum absolute atomic E-state index is 0.634. The highest BCUT2D eigenvalue weighted by molar-refractivity contribution is 5.51. The summed E-state index contributed by atoms with van der Waals surface area (Å²) in [6.07, 6.45) is 0. The van der Waals surface area contributed by atoms with Gasteiger partial charge in [0, 0.05) is 38.4 Å². The van der Waals surface area contributed by atoms with Crippen LogP contribution in [0.2, 0.25) is 0 Å². The maximum Gasteiger partial charge on any atom is 0.0369 e. The zero-order chi connectivity index (χ0) is 11.5. The lowest BCUT2D eigenvalue weighted by atomic mass is 10.1. The second kappa shape index (κ2) is 4.85. The van der Waals surface area contributed by atoms with Crippen molar-refractivity contribution in [2.24, 2.45) is 5.73 Å². The van der Waals surface area contributed by atoms with Crippen LogP contribution >= 0.6 is 0 Å². The van der Waals surface area contributed by atoms with Crippen molar-refractivity contribution < 1.29 is 0 Å². The SMILES string of the molecule is Cc1cc(N2CCN(C)CC2)ccc1CN. The lowest BCUT2D eigenvalue weighted by molar-refractivity contribution is 0.313. The van der Waals surface area contributed by atoms with E-state index < -0.39 is 0 Å². The van der Waals surface area contributed by atoms with E-state index in [1.165, 1.54) is 16.8 Å². The maximum atomic E-state index is 5.68. The molecule has 2 N–H and O–H groups in total. The molecule has 0 amide bonds. The molecule has 16 heavy (non-hydrogen) atoms. The molecule has 0 aromatic heterocycles. The van der Waals surface area contributed by atoms with Crippen LogP contribution in [0.5, 0.6) is 0 Å². The van der Waals surface area contributed by atoms with Crippen molar-refractivity contribution in [3.63, 3.8) is 0 Å². The molecule has 1 aromatic rings. The zero-order valence-electron chi connectivity index (χ0n) is 10.2. The molecule has 2 rings (SSSR count). The van der Waals surface area contributed by atoms with E-state index in [4.69, 9.17) is 5.73 Å². The van der Waals surface area contributed by atoms with Crippen molar-refractivity contribution in [2.75, 3.05) is 38.1 Å². The number of nitrogens with zero attached hydrogens (tertiary/aromatic N) is 2. The molecule has 3 heteroatoms. The summed E-state index contributed by atoms with van der Waals surface area (Å²) in [5.74, 6) is 0. The predicted octanol–water partition coefficient (Wildman–Crippen LogP) is 1.21. The minimum Gasteiger partial charge on any atom is -0.369 e. The summed E-state index contributed by atoms with van der Waals surface area (Å²) in [4.78, 5) is 4.82. The van der Waals surface area contributed by atoms with Crippen molar-refractivity contribution >= 4 is 5.69 Å². The van der Waals surface area contributed by atoms with Crippen LogP contribution in [-0.4, -0.2) is 38.1 Å². The number of hydrogen-bond acceptors (Lipinski definition) is 3. The molecule has 88 valence electrons. The first kappa shape index (κ1) is 11.4. The molecular weight excluding hydrogens is 198 g/mol. The van der Waals surface area contributed by atoms with E-state index in [-0.39, 0.29) is 0 Å². The van der Waals surface area contributed by atoms with Crippen LogP contribution in [0, 0.1) is 6.92 Å². The lowest BCUT2D eigenvalue weighted by Gasteiger charge is -2.34. The smallest absolute Gasteiger partial charge is 0.0369 e. The highest BCUT2D eigenvalue weighted by atomic mass is 15.2. The molecule has 1 aromatic carbocycles. The second-order valence-electron chi connectivity index (χ2n) is 4.61. The fourth-order valence-corrected chi connectivity index (χ4v) is 2.17. The Kier molecular flexibility index (Phi) is 3.46. The van der Waals surface area contributed by atoms with Crippen molar-refractivity contribution in [3.8, 4) is 0 Å². The van der Waals surface area contributed by atoms with Crippen LogP contribution in [0.3, 0.4) is 0 Å². The Morgan fingerprint density at radius 1 is 1.19 bits per heavy atom. The van der Waals surface area contributed by atoms with Gasteiger partial charge in [0.05, 0.1) is 0 Å². The van der Waals surface area contributed by atoms with Crippen LogP contribution in [0.4, 0.5) is 5.69 Å². The van der Waals surface area contributed by atoms with E-state index in [1.54, 1.807) is 0 Å². The van der Waals surface area contributed by atoms with Crippen molar-refractivity contribution in [2.45, 2.75) is 13.5 Å². The van der Waals surface area contributed by atoms with E-state index in [2.05, 4.69) is 42.0 Å². The highest BCUT2D eigenvalue weighted by Crippen LogP contribution is 2.20. The quantitative estimate of drug-likeness (QED) is 0.811. The zero-order valence-corrected chi connectivity index (χ0v) is 10.2. The number of likely N-dealkylation sites (N-methyl/N-ethyl adjacent to an activating group) is 1. The Morgan fingerprint density at radius 2 is 1.88 bits per heavy atom. The monoisotopic (exact) mass is 219 g/mol. The molecule has 0 unspecified atom stereocenters. The third-order valence-corrected chi connectivity index (χ3v) is 3.41. The Labute approximate surface area is 97.8 Å². The second-order valence-corrected chi connectivity index (χ2v) is 4.61. The van der Waals surface area contributed by atoms with Crippen molar-refractivity contribution in [1.29, 1.82) is 0 Å². The van der Waals surface area contributed by atoms with Gasteiger partial charge < -0.3 is 15.5 Å². The molecule has 0 bridgehead atoms. The molecule has 0 atom stereocenters. The Bertz CT molecular complexity index is 354. The van der Waals surface area contributed by atoms with Crippen molar-refractivity contribution in [3.05, 3.63) is 29.3 Å². The lowest BCUT2D eigenvalue weighted by Crippen LogP contribution is -2.44. The fourth-order valence-electron chi connectivity index (χ4n) is 2.17. The molecule has 0 radical (unpaired) electrons.